The van der Waals surface area contributed by atoms with E-state index >= 15 is 0 Å². The lowest BCUT2D eigenvalue weighted by Gasteiger charge is -2.11. The minimum absolute atomic E-state index is 0.225. The van der Waals surface area contributed by atoms with E-state index in [1.165, 1.54) is 0 Å². The lowest BCUT2D eigenvalue weighted by molar-refractivity contribution is 0.251. The van der Waals surface area contributed by atoms with Crippen LogP contribution in [0.1, 0.15) is 16.7 Å². The van der Waals surface area contributed by atoms with Gasteiger partial charge in [0.1, 0.15) is 0 Å². The van der Waals surface area contributed by atoms with E-state index in [1.54, 1.807) is 0 Å². The molecule has 104 valence electrons. The van der Waals surface area contributed by atoms with Crippen LogP contribution in [0.15, 0.2) is 42.5 Å². The third-order valence-corrected chi connectivity index (χ3v) is 3.20. The van der Waals surface area contributed by atoms with Gasteiger partial charge >= 0.3 is 6.03 Å². The van der Waals surface area contributed by atoms with Gasteiger partial charge in [-0.3, -0.25) is 0 Å². The summed E-state index contributed by atoms with van der Waals surface area (Å²) in [7, 11) is 0. The highest BCUT2D eigenvalue weighted by molar-refractivity contribution is 5.89. The van der Waals surface area contributed by atoms with Gasteiger partial charge in [0.15, 0.2) is 0 Å². The van der Waals surface area contributed by atoms with Crippen molar-refractivity contribution in [1.82, 2.24) is 5.32 Å². The Bertz CT molecular complexity index is 623. The number of aryl methyl sites for hydroxylation is 1. The fraction of sp³-hybridized carbons (Fsp3) is 0.188. The third kappa shape index (κ3) is 3.51. The monoisotopic (exact) mass is 269 g/mol. The van der Waals surface area contributed by atoms with Gasteiger partial charge in [-0.15, -0.1) is 0 Å². The van der Waals surface area contributed by atoms with Crippen LogP contribution < -0.4 is 16.4 Å². The lowest BCUT2D eigenvalue weighted by Crippen LogP contribution is -2.28. The van der Waals surface area contributed by atoms with Gasteiger partial charge in [0.05, 0.1) is 0 Å². The van der Waals surface area contributed by atoms with Crippen LogP contribution in [0.2, 0.25) is 0 Å². The molecule has 0 saturated carbocycles. The van der Waals surface area contributed by atoms with Crippen molar-refractivity contribution in [3.63, 3.8) is 0 Å². The number of rotatable bonds is 3. The van der Waals surface area contributed by atoms with Gasteiger partial charge in [0.25, 0.3) is 0 Å². The summed E-state index contributed by atoms with van der Waals surface area (Å²) in [5, 5.41) is 5.64. The Balaban J connectivity index is 1.94. The van der Waals surface area contributed by atoms with E-state index in [-0.39, 0.29) is 6.03 Å². The van der Waals surface area contributed by atoms with Crippen LogP contribution in [0.3, 0.4) is 0 Å². The van der Waals surface area contributed by atoms with Crippen molar-refractivity contribution in [1.29, 1.82) is 0 Å². The molecule has 0 aliphatic rings. The van der Waals surface area contributed by atoms with Gasteiger partial charge in [-0.25, -0.2) is 4.79 Å². The average Bonchev–Trinajstić information content (AvgIpc) is 2.40. The Morgan fingerprint density at radius 2 is 1.90 bits per heavy atom. The minimum Gasteiger partial charge on any atom is -0.399 e. The Morgan fingerprint density at radius 1 is 1.15 bits per heavy atom. The molecular formula is C16H19N3O. The fourth-order valence-corrected chi connectivity index (χ4v) is 1.97. The maximum atomic E-state index is 11.8. The summed E-state index contributed by atoms with van der Waals surface area (Å²) in [5.74, 6) is 0. The number of hydrogen-bond donors (Lipinski definition) is 3. The highest BCUT2D eigenvalue weighted by Gasteiger charge is 2.04. The number of nitrogens with two attached hydrogens (primary N) is 1. The lowest BCUT2D eigenvalue weighted by atomic mass is 10.1. The zero-order chi connectivity index (χ0) is 14.5. The summed E-state index contributed by atoms with van der Waals surface area (Å²) in [6.45, 7) is 4.39. The predicted molar refractivity (Wildman–Crippen MR) is 82.6 cm³/mol. The summed E-state index contributed by atoms with van der Waals surface area (Å²) >= 11 is 0. The number of urea groups is 1. The number of nitrogen functional groups attached to an aromatic ring is 1. The first-order valence-corrected chi connectivity index (χ1v) is 6.52. The standard InChI is InChI=1S/C16H19N3O/c1-11-5-3-7-14(9-11)19-16(20)18-10-13-6-4-8-15(17)12(13)2/h3-9H,10,17H2,1-2H3,(H2,18,19,20). The summed E-state index contributed by atoms with van der Waals surface area (Å²) < 4.78 is 0. The van der Waals surface area contributed by atoms with Crippen molar-refractivity contribution in [3.8, 4) is 0 Å². The molecule has 0 aromatic heterocycles. The normalized spacial score (nSPS) is 10.1. The van der Waals surface area contributed by atoms with E-state index in [2.05, 4.69) is 10.6 Å². The zero-order valence-corrected chi connectivity index (χ0v) is 11.7. The predicted octanol–water partition coefficient (Wildman–Crippen LogP) is 3.21. The molecule has 0 aliphatic carbocycles. The first kappa shape index (κ1) is 13.9. The number of hydrogen-bond acceptors (Lipinski definition) is 2. The van der Waals surface area contributed by atoms with Gasteiger partial charge in [-0.1, -0.05) is 24.3 Å². The number of carbonyl (C=O) groups excluding carboxylic acids is 1. The van der Waals surface area contributed by atoms with Crippen LogP contribution >= 0.6 is 0 Å². The second-order valence-corrected chi connectivity index (χ2v) is 4.81. The van der Waals surface area contributed by atoms with E-state index in [9.17, 15) is 4.79 Å². The summed E-state index contributed by atoms with van der Waals surface area (Å²) in [4.78, 5) is 11.8. The second kappa shape index (κ2) is 6.10. The van der Waals surface area contributed by atoms with Gasteiger partial charge < -0.3 is 16.4 Å². The van der Waals surface area contributed by atoms with Crippen LogP contribution in [0.5, 0.6) is 0 Å². The summed E-state index contributed by atoms with van der Waals surface area (Å²) in [6.07, 6.45) is 0. The molecule has 4 N–H and O–H groups in total. The maximum absolute atomic E-state index is 11.8. The van der Waals surface area contributed by atoms with Gasteiger partial charge in [0.2, 0.25) is 0 Å². The van der Waals surface area contributed by atoms with Crippen LogP contribution in [0.25, 0.3) is 0 Å². The fourth-order valence-electron chi connectivity index (χ4n) is 1.97. The molecule has 20 heavy (non-hydrogen) atoms. The number of amides is 2. The smallest absolute Gasteiger partial charge is 0.319 e. The number of nitrogens with one attached hydrogen (secondary N) is 2. The van der Waals surface area contributed by atoms with E-state index in [0.29, 0.717) is 6.54 Å². The molecule has 0 unspecified atom stereocenters. The molecule has 0 aliphatic heterocycles. The van der Waals surface area contributed by atoms with Crippen LogP contribution in [-0.2, 0) is 6.54 Å². The topological polar surface area (TPSA) is 67.2 Å². The SMILES string of the molecule is Cc1cccc(NC(=O)NCc2cccc(N)c2C)c1. The number of anilines is 2. The Morgan fingerprint density at radius 3 is 2.65 bits per heavy atom. The molecule has 0 fully saturated rings. The Labute approximate surface area is 119 Å². The summed E-state index contributed by atoms with van der Waals surface area (Å²) in [5.41, 5.74) is 10.5. The number of benzene rings is 2. The molecular weight excluding hydrogens is 250 g/mol. The number of carbonyl (C=O) groups is 1. The molecule has 0 heterocycles. The zero-order valence-electron chi connectivity index (χ0n) is 11.7. The highest BCUT2D eigenvalue weighted by atomic mass is 16.2. The average molecular weight is 269 g/mol. The molecule has 0 saturated heterocycles. The van der Waals surface area contributed by atoms with E-state index in [1.807, 2.05) is 56.3 Å². The second-order valence-electron chi connectivity index (χ2n) is 4.81. The first-order chi connectivity index (χ1) is 9.56. The van der Waals surface area contributed by atoms with Crippen LogP contribution in [-0.4, -0.2) is 6.03 Å². The van der Waals surface area contributed by atoms with Crippen molar-refractivity contribution in [2.75, 3.05) is 11.1 Å². The van der Waals surface area contributed by atoms with Crippen molar-refractivity contribution in [2.45, 2.75) is 20.4 Å². The Kier molecular flexibility index (Phi) is 4.25. The highest BCUT2D eigenvalue weighted by Crippen LogP contribution is 2.15. The Hall–Kier alpha value is -2.49. The molecule has 0 radical (unpaired) electrons. The minimum atomic E-state index is -0.225. The molecule has 0 bridgehead atoms. The molecule has 2 amide bonds. The van der Waals surface area contributed by atoms with Gasteiger partial charge in [-0.05, 0) is 48.7 Å². The van der Waals surface area contributed by atoms with Crippen molar-refractivity contribution < 1.29 is 4.79 Å². The van der Waals surface area contributed by atoms with E-state index < -0.39 is 0 Å². The van der Waals surface area contributed by atoms with Crippen molar-refractivity contribution >= 4 is 17.4 Å². The van der Waals surface area contributed by atoms with Gasteiger partial charge in [-0.2, -0.15) is 0 Å². The molecule has 4 nitrogen and oxygen atoms in total. The largest absolute Gasteiger partial charge is 0.399 e. The van der Waals surface area contributed by atoms with Crippen LogP contribution in [0.4, 0.5) is 16.2 Å². The molecule has 2 aromatic carbocycles. The van der Waals surface area contributed by atoms with Crippen molar-refractivity contribution in [2.24, 2.45) is 0 Å². The van der Waals surface area contributed by atoms with Crippen molar-refractivity contribution in [3.05, 3.63) is 59.2 Å². The first-order valence-electron chi connectivity index (χ1n) is 6.52. The molecule has 2 aromatic rings. The maximum Gasteiger partial charge on any atom is 0.319 e. The molecule has 2 rings (SSSR count). The molecule has 0 spiro atoms. The summed E-state index contributed by atoms with van der Waals surface area (Å²) in [6, 6.07) is 13.1. The molecule has 0 atom stereocenters. The van der Waals surface area contributed by atoms with Crippen LogP contribution in [0, 0.1) is 13.8 Å². The van der Waals surface area contributed by atoms with E-state index in [0.717, 1.165) is 28.1 Å². The third-order valence-electron chi connectivity index (χ3n) is 3.20. The van der Waals surface area contributed by atoms with E-state index in [4.69, 9.17) is 5.73 Å². The quantitative estimate of drug-likeness (QED) is 0.749. The molecule has 4 heteroatoms. The van der Waals surface area contributed by atoms with Gasteiger partial charge in [0, 0.05) is 17.9 Å².